The number of carbonyl (C=O) groups is 1. The van der Waals surface area contributed by atoms with Crippen LogP contribution in [0.2, 0.25) is 0 Å². The first-order chi connectivity index (χ1) is 11.4. The average Bonchev–Trinajstić information content (AvgIpc) is 2.97. The van der Waals surface area contributed by atoms with Gasteiger partial charge in [0.2, 0.25) is 0 Å². The predicted molar refractivity (Wildman–Crippen MR) is 93.1 cm³/mol. The first kappa shape index (κ1) is 17.4. The molecule has 0 unspecified atom stereocenters. The van der Waals surface area contributed by atoms with Crippen molar-refractivity contribution >= 4 is 5.91 Å². The Bertz CT molecular complexity index is 590. The first-order valence-corrected chi connectivity index (χ1v) is 9.12. The minimum Gasteiger partial charge on any atom is -0.369 e. The summed E-state index contributed by atoms with van der Waals surface area (Å²) in [5.41, 5.74) is 2.58. The highest BCUT2D eigenvalue weighted by atomic mass is 16.5. The molecule has 0 aliphatic carbocycles. The number of likely N-dealkylation sites (tertiary alicyclic amines) is 1. The molecule has 0 spiro atoms. The molecule has 1 N–H and O–H groups in total. The third kappa shape index (κ3) is 3.22. The van der Waals surface area contributed by atoms with Crippen LogP contribution in [0.1, 0.15) is 68.4 Å². The van der Waals surface area contributed by atoms with Crippen molar-refractivity contribution in [3.05, 3.63) is 17.0 Å². The van der Waals surface area contributed by atoms with Crippen LogP contribution in [0.4, 0.5) is 0 Å². The van der Waals surface area contributed by atoms with Gasteiger partial charge in [0, 0.05) is 44.2 Å². The number of carbonyl (C=O) groups excluding carboxylic acids is 1. The molecular weight excluding hydrogens is 304 g/mol. The Hall–Kier alpha value is -1.40. The minimum atomic E-state index is -0.0302. The summed E-state index contributed by atoms with van der Waals surface area (Å²) in [5, 5.41) is 7.36. The van der Waals surface area contributed by atoms with Crippen LogP contribution >= 0.6 is 0 Å². The molecule has 1 aromatic rings. The number of nitrogens with zero attached hydrogens (tertiary/aromatic N) is 3. The van der Waals surface area contributed by atoms with Crippen molar-refractivity contribution in [1.29, 1.82) is 0 Å². The van der Waals surface area contributed by atoms with Crippen LogP contribution in [0.5, 0.6) is 0 Å². The van der Waals surface area contributed by atoms with Crippen molar-refractivity contribution < 1.29 is 9.53 Å². The number of fused-ring (bicyclic) bond motifs is 1. The number of aromatic amines is 1. The lowest BCUT2D eigenvalue weighted by Gasteiger charge is -2.38. The highest BCUT2D eigenvalue weighted by Gasteiger charge is 2.33. The van der Waals surface area contributed by atoms with Crippen molar-refractivity contribution in [3.8, 4) is 0 Å². The summed E-state index contributed by atoms with van der Waals surface area (Å²) in [4.78, 5) is 17.4. The maximum atomic E-state index is 13.0. The minimum absolute atomic E-state index is 0.0302. The average molecular weight is 334 g/mol. The van der Waals surface area contributed by atoms with Crippen LogP contribution in [0.3, 0.4) is 0 Å². The summed E-state index contributed by atoms with van der Waals surface area (Å²) in [6.45, 7) is 10.6. The third-order valence-electron chi connectivity index (χ3n) is 5.53. The molecule has 2 aliphatic rings. The van der Waals surface area contributed by atoms with Crippen molar-refractivity contribution in [2.24, 2.45) is 0 Å². The second kappa shape index (κ2) is 6.84. The Morgan fingerprint density at radius 3 is 2.62 bits per heavy atom. The number of hydrogen-bond donors (Lipinski definition) is 1. The molecule has 0 radical (unpaired) electrons. The lowest BCUT2D eigenvalue weighted by Crippen LogP contribution is -2.47. The van der Waals surface area contributed by atoms with E-state index in [9.17, 15) is 4.79 Å². The zero-order valence-corrected chi connectivity index (χ0v) is 15.5. The number of ether oxygens (including phenoxy) is 1. The van der Waals surface area contributed by atoms with Crippen LogP contribution in [-0.4, -0.2) is 64.2 Å². The number of rotatable bonds is 3. The molecule has 0 aromatic carbocycles. The third-order valence-corrected chi connectivity index (χ3v) is 5.53. The number of H-pyrrole nitrogens is 1. The molecule has 2 aliphatic heterocycles. The van der Waals surface area contributed by atoms with E-state index in [0.29, 0.717) is 17.8 Å². The van der Waals surface area contributed by atoms with Gasteiger partial charge in [-0.05, 0) is 40.5 Å². The molecule has 134 valence electrons. The molecule has 3 rings (SSSR count). The number of amides is 1. The molecule has 0 saturated carbocycles. The van der Waals surface area contributed by atoms with Gasteiger partial charge < -0.3 is 14.5 Å². The van der Waals surface area contributed by atoms with E-state index in [2.05, 4.69) is 28.9 Å². The number of hydrogen-bond acceptors (Lipinski definition) is 4. The molecular formula is C18H30N4O2. The summed E-state index contributed by atoms with van der Waals surface area (Å²) in [7, 11) is 1.92. The van der Waals surface area contributed by atoms with Crippen LogP contribution in [-0.2, 0) is 11.2 Å². The monoisotopic (exact) mass is 334 g/mol. The van der Waals surface area contributed by atoms with Crippen LogP contribution in [0, 0.1) is 0 Å². The Kier molecular flexibility index (Phi) is 4.97. The van der Waals surface area contributed by atoms with Crippen LogP contribution < -0.4 is 0 Å². The quantitative estimate of drug-likeness (QED) is 0.922. The molecule has 6 nitrogen and oxygen atoms in total. The van der Waals surface area contributed by atoms with E-state index in [-0.39, 0.29) is 18.1 Å². The zero-order chi connectivity index (χ0) is 17.4. The second-order valence-corrected chi connectivity index (χ2v) is 7.53. The fourth-order valence-corrected chi connectivity index (χ4v) is 3.97. The van der Waals surface area contributed by atoms with Gasteiger partial charge >= 0.3 is 0 Å². The van der Waals surface area contributed by atoms with Gasteiger partial charge in [-0.1, -0.05) is 0 Å². The molecule has 1 saturated heterocycles. The summed E-state index contributed by atoms with van der Waals surface area (Å²) in [5.74, 6) is 0.0387. The maximum Gasteiger partial charge on any atom is 0.274 e. The highest BCUT2D eigenvalue weighted by Crippen LogP contribution is 2.31. The molecule has 1 amide bonds. The molecule has 1 fully saturated rings. The molecule has 0 bridgehead atoms. The number of nitrogens with one attached hydrogen (secondary N) is 1. The lowest BCUT2D eigenvalue weighted by molar-refractivity contribution is -0.00704. The summed E-state index contributed by atoms with van der Waals surface area (Å²) in [6.07, 6.45) is 2.90. The Labute approximate surface area is 144 Å². The van der Waals surface area contributed by atoms with Crippen molar-refractivity contribution in [2.75, 3.05) is 20.1 Å². The Balaban J connectivity index is 1.71. The van der Waals surface area contributed by atoms with E-state index in [0.717, 1.165) is 43.6 Å². The van der Waals surface area contributed by atoms with Crippen LogP contribution in [0.25, 0.3) is 0 Å². The fraction of sp³-hybridized carbons (Fsp3) is 0.778. The van der Waals surface area contributed by atoms with E-state index >= 15 is 0 Å². The van der Waals surface area contributed by atoms with E-state index < -0.39 is 0 Å². The van der Waals surface area contributed by atoms with Gasteiger partial charge in [-0.15, -0.1) is 0 Å². The summed E-state index contributed by atoms with van der Waals surface area (Å²) >= 11 is 0. The van der Waals surface area contributed by atoms with Gasteiger partial charge in [-0.3, -0.25) is 9.89 Å². The second-order valence-electron chi connectivity index (χ2n) is 7.53. The zero-order valence-electron chi connectivity index (χ0n) is 15.5. The smallest absolute Gasteiger partial charge is 0.274 e. The van der Waals surface area contributed by atoms with Crippen molar-refractivity contribution in [1.82, 2.24) is 20.0 Å². The lowest BCUT2D eigenvalue weighted by atomic mass is 9.98. The summed E-state index contributed by atoms with van der Waals surface area (Å²) < 4.78 is 5.81. The standard InChI is InChI=1S/C18H30N4O2/c1-11(2)22-8-6-14(7-9-22)21(5)18(23)17-15-10-12(3)24-13(4)16(15)19-20-17/h11-14H,6-10H2,1-5H3,(H,19,20)/t12-,13+/m0/s1. The van der Waals surface area contributed by atoms with Gasteiger partial charge in [0.25, 0.3) is 5.91 Å². The van der Waals surface area contributed by atoms with Gasteiger partial charge in [0.15, 0.2) is 5.69 Å². The summed E-state index contributed by atoms with van der Waals surface area (Å²) in [6, 6.07) is 0.878. The topological polar surface area (TPSA) is 61.5 Å². The van der Waals surface area contributed by atoms with E-state index in [1.807, 2.05) is 25.8 Å². The highest BCUT2D eigenvalue weighted by molar-refractivity contribution is 5.94. The van der Waals surface area contributed by atoms with Gasteiger partial charge in [0.05, 0.1) is 17.9 Å². The van der Waals surface area contributed by atoms with Crippen LogP contribution in [0.15, 0.2) is 0 Å². The first-order valence-electron chi connectivity index (χ1n) is 9.12. The molecule has 3 heterocycles. The predicted octanol–water partition coefficient (Wildman–Crippen LogP) is 2.38. The van der Waals surface area contributed by atoms with E-state index in [4.69, 9.17) is 4.74 Å². The molecule has 24 heavy (non-hydrogen) atoms. The SMILES string of the molecule is CC(C)N1CCC(N(C)C(=O)c2n[nH]c3c2C[C@H](C)O[C@@H]3C)CC1. The largest absolute Gasteiger partial charge is 0.369 e. The molecule has 1 aromatic heterocycles. The number of aromatic nitrogens is 2. The Morgan fingerprint density at radius 2 is 2.00 bits per heavy atom. The molecule has 6 heteroatoms. The van der Waals surface area contributed by atoms with E-state index in [1.165, 1.54) is 0 Å². The Morgan fingerprint density at radius 1 is 1.33 bits per heavy atom. The van der Waals surface area contributed by atoms with Crippen molar-refractivity contribution in [2.45, 2.75) is 71.2 Å². The van der Waals surface area contributed by atoms with Gasteiger partial charge in [-0.2, -0.15) is 5.10 Å². The van der Waals surface area contributed by atoms with Gasteiger partial charge in [0.1, 0.15) is 0 Å². The van der Waals surface area contributed by atoms with E-state index in [1.54, 1.807) is 0 Å². The fourth-order valence-electron chi connectivity index (χ4n) is 3.97. The van der Waals surface area contributed by atoms with Gasteiger partial charge in [-0.25, -0.2) is 0 Å². The number of piperidine rings is 1. The molecule has 2 atom stereocenters. The van der Waals surface area contributed by atoms with Crippen molar-refractivity contribution in [3.63, 3.8) is 0 Å². The normalized spacial score (nSPS) is 25.8. The maximum absolute atomic E-state index is 13.0.